The number of piperidine rings is 1. The lowest BCUT2D eigenvalue weighted by Gasteiger charge is -2.32. The quantitative estimate of drug-likeness (QED) is 0.769. The Bertz CT molecular complexity index is 446. The molecule has 0 radical (unpaired) electrons. The standard InChI is InChI=1S/C11H16N2O.C2HF3O2/c14-11(3-7-13-8-4-11)9-10-1-5-12-6-2-10;3-2(4,5)1(6)7/h1-2,5-6,13-14H,3-4,7-9H2;(H,6,7). The molecule has 0 aliphatic carbocycles. The summed E-state index contributed by atoms with van der Waals surface area (Å²) in [6, 6.07) is 3.94. The van der Waals surface area contributed by atoms with Crippen molar-refractivity contribution >= 4 is 5.97 Å². The number of carbonyl (C=O) groups is 1. The van der Waals surface area contributed by atoms with Crippen molar-refractivity contribution in [2.45, 2.75) is 31.0 Å². The number of aliphatic carboxylic acids is 1. The highest BCUT2D eigenvalue weighted by atomic mass is 19.4. The predicted molar refractivity (Wildman–Crippen MR) is 68.7 cm³/mol. The van der Waals surface area contributed by atoms with E-state index in [4.69, 9.17) is 9.90 Å². The van der Waals surface area contributed by atoms with Crippen molar-refractivity contribution in [3.05, 3.63) is 30.1 Å². The number of nitrogens with zero attached hydrogens (tertiary/aromatic N) is 1. The van der Waals surface area contributed by atoms with Crippen molar-refractivity contribution in [3.8, 4) is 0 Å². The van der Waals surface area contributed by atoms with E-state index in [1.165, 1.54) is 5.56 Å². The van der Waals surface area contributed by atoms with Gasteiger partial charge in [0.15, 0.2) is 0 Å². The Morgan fingerprint density at radius 1 is 1.29 bits per heavy atom. The number of alkyl halides is 3. The van der Waals surface area contributed by atoms with Gasteiger partial charge in [-0.25, -0.2) is 4.79 Å². The lowest BCUT2D eigenvalue weighted by Crippen LogP contribution is -2.43. The van der Waals surface area contributed by atoms with Crippen molar-refractivity contribution in [1.29, 1.82) is 0 Å². The molecule has 0 atom stereocenters. The molecule has 1 aliphatic heterocycles. The third-order valence-corrected chi connectivity index (χ3v) is 3.06. The summed E-state index contributed by atoms with van der Waals surface area (Å²) >= 11 is 0. The average Bonchev–Trinajstić information content (AvgIpc) is 2.39. The summed E-state index contributed by atoms with van der Waals surface area (Å²) in [6.45, 7) is 1.84. The number of aliphatic hydroxyl groups is 1. The van der Waals surface area contributed by atoms with Crippen LogP contribution < -0.4 is 5.32 Å². The molecule has 8 heteroatoms. The number of carboxylic acids is 1. The number of hydrogen-bond acceptors (Lipinski definition) is 4. The summed E-state index contributed by atoms with van der Waals surface area (Å²) in [6.07, 6.45) is 0.904. The second-order valence-electron chi connectivity index (χ2n) is 4.81. The lowest BCUT2D eigenvalue weighted by atomic mass is 9.86. The fourth-order valence-corrected chi connectivity index (χ4v) is 1.95. The van der Waals surface area contributed by atoms with Gasteiger partial charge in [0.2, 0.25) is 0 Å². The van der Waals surface area contributed by atoms with Gasteiger partial charge in [-0.05, 0) is 43.6 Å². The number of nitrogens with one attached hydrogen (secondary N) is 1. The normalized spacial score (nSPS) is 17.5. The Kier molecular flexibility index (Phi) is 6.10. The highest BCUT2D eigenvalue weighted by Crippen LogP contribution is 2.22. The van der Waals surface area contributed by atoms with Gasteiger partial charge in [0.1, 0.15) is 0 Å². The molecule has 0 spiro atoms. The Hall–Kier alpha value is -1.67. The molecule has 1 aromatic heterocycles. The molecule has 118 valence electrons. The van der Waals surface area contributed by atoms with Crippen LogP contribution in [0.2, 0.25) is 0 Å². The summed E-state index contributed by atoms with van der Waals surface area (Å²) < 4.78 is 31.7. The van der Waals surface area contributed by atoms with E-state index in [2.05, 4.69) is 10.3 Å². The Labute approximate surface area is 119 Å². The molecule has 5 nitrogen and oxygen atoms in total. The van der Waals surface area contributed by atoms with E-state index in [1.54, 1.807) is 12.4 Å². The first-order valence-electron chi connectivity index (χ1n) is 6.35. The van der Waals surface area contributed by atoms with E-state index in [0.29, 0.717) is 0 Å². The third-order valence-electron chi connectivity index (χ3n) is 3.06. The Morgan fingerprint density at radius 2 is 1.76 bits per heavy atom. The first-order valence-corrected chi connectivity index (χ1v) is 6.35. The SMILES string of the molecule is O=C(O)C(F)(F)F.OC1(Cc2ccncc2)CCNCC1. The number of hydrogen-bond donors (Lipinski definition) is 3. The zero-order chi connectivity index (χ0) is 15.9. The van der Waals surface area contributed by atoms with Gasteiger partial charge in [-0.1, -0.05) is 0 Å². The number of pyridine rings is 1. The molecule has 0 unspecified atom stereocenters. The average molecular weight is 306 g/mol. The van der Waals surface area contributed by atoms with E-state index in [0.717, 1.165) is 32.4 Å². The van der Waals surface area contributed by atoms with Crippen LogP contribution in [0.3, 0.4) is 0 Å². The van der Waals surface area contributed by atoms with Gasteiger partial charge in [0.25, 0.3) is 0 Å². The molecule has 0 aromatic carbocycles. The van der Waals surface area contributed by atoms with Crippen LogP contribution in [0.1, 0.15) is 18.4 Å². The van der Waals surface area contributed by atoms with Gasteiger partial charge < -0.3 is 15.5 Å². The molecule has 3 N–H and O–H groups in total. The van der Waals surface area contributed by atoms with E-state index in [-0.39, 0.29) is 0 Å². The fourth-order valence-electron chi connectivity index (χ4n) is 1.95. The second kappa shape index (κ2) is 7.37. The monoisotopic (exact) mass is 306 g/mol. The first-order chi connectivity index (χ1) is 9.73. The van der Waals surface area contributed by atoms with Gasteiger partial charge in [-0.15, -0.1) is 0 Å². The molecular formula is C13H17F3N2O3. The third kappa shape index (κ3) is 6.54. The minimum Gasteiger partial charge on any atom is -0.475 e. The number of carboxylic acid groups (broad SMARTS) is 1. The summed E-state index contributed by atoms with van der Waals surface area (Å²) in [5, 5.41) is 20.6. The smallest absolute Gasteiger partial charge is 0.475 e. The van der Waals surface area contributed by atoms with Crippen molar-refractivity contribution in [2.24, 2.45) is 0 Å². The van der Waals surface area contributed by atoms with Gasteiger partial charge in [0.05, 0.1) is 5.60 Å². The van der Waals surface area contributed by atoms with Gasteiger partial charge in [-0.2, -0.15) is 13.2 Å². The van der Waals surface area contributed by atoms with Crippen LogP contribution in [0, 0.1) is 0 Å². The Balaban J connectivity index is 0.000000270. The minimum atomic E-state index is -5.08. The topological polar surface area (TPSA) is 82.5 Å². The van der Waals surface area contributed by atoms with Crippen LogP contribution in [0.15, 0.2) is 24.5 Å². The van der Waals surface area contributed by atoms with Crippen molar-refractivity contribution in [1.82, 2.24) is 10.3 Å². The van der Waals surface area contributed by atoms with Crippen molar-refractivity contribution in [3.63, 3.8) is 0 Å². The van der Waals surface area contributed by atoms with Gasteiger partial charge >= 0.3 is 12.1 Å². The molecule has 1 aromatic rings. The maximum absolute atomic E-state index is 10.6. The van der Waals surface area contributed by atoms with Crippen LogP contribution in [-0.2, 0) is 11.2 Å². The summed E-state index contributed by atoms with van der Waals surface area (Å²) in [4.78, 5) is 12.9. The first kappa shape index (κ1) is 17.4. The zero-order valence-electron chi connectivity index (χ0n) is 11.2. The largest absolute Gasteiger partial charge is 0.490 e. The molecule has 0 saturated carbocycles. The van der Waals surface area contributed by atoms with Gasteiger partial charge in [-0.3, -0.25) is 4.98 Å². The van der Waals surface area contributed by atoms with Gasteiger partial charge in [0, 0.05) is 18.8 Å². The molecule has 1 fully saturated rings. The summed E-state index contributed by atoms with van der Waals surface area (Å²) in [5.41, 5.74) is 0.663. The van der Waals surface area contributed by atoms with E-state index in [1.807, 2.05) is 12.1 Å². The summed E-state index contributed by atoms with van der Waals surface area (Å²) in [7, 11) is 0. The number of rotatable bonds is 2. The van der Waals surface area contributed by atoms with Crippen LogP contribution >= 0.6 is 0 Å². The zero-order valence-corrected chi connectivity index (χ0v) is 11.2. The van der Waals surface area contributed by atoms with Crippen LogP contribution in [0.5, 0.6) is 0 Å². The van der Waals surface area contributed by atoms with Crippen LogP contribution in [-0.4, -0.2) is 46.0 Å². The van der Waals surface area contributed by atoms with Crippen molar-refractivity contribution in [2.75, 3.05) is 13.1 Å². The van der Waals surface area contributed by atoms with Crippen LogP contribution in [0.25, 0.3) is 0 Å². The van der Waals surface area contributed by atoms with E-state index < -0.39 is 17.7 Å². The second-order valence-corrected chi connectivity index (χ2v) is 4.81. The van der Waals surface area contributed by atoms with E-state index >= 15 is 0 Å². The Morgan fingerprint density at radius 3 is 2.19 bits per heavy atom. The number of aromatic nitrogens is 1. The highest BCUT2D eigenvalue weighted by Gasteiger charge is 2.38. The molecule has 1 saturated heterocycles. The van der Waals surface area contributed by atoms with Crippen molar-refractivity contribution < 1.29 is 28.2 Å². The summed E-state index contributed by atoms with van der Waals surface area (Å²) in [5.74, 6) is -2.76. The van der Waals surface area contributed by atoms with E-state index in [9.17, 15) is 18.3 Å². The molecule has 2 heterocycles. The maximum atomic E-state index is 10.6. The molecule has 0 amide bonds. The molecule has 2 rings (SSSR count). The lowest BCUT2D eigenvalue weighted by molar-refractivity contribution is -0.192. The fraction of sp³-hybridized carbons (Fsp3) is 0.538. The minimum absolute atomic E-state index is 0.507. The highest BCUT2D eigenvalue weighted by molar-refractivity contribution is 5.73. The molecular weight excluding hydrogens is 289 g/mol. The molecule has 1 aliphatic rings. The maximum Gasteiger partial charge on any atom is 0.490 e. The van der Waals surface area contributed by atoms with Crippen LogP contribution in [0.4, 0.5) is 13.2 Å². The number of halogens is 3. The predicted octanol–water partition coefficient (Wildman–Crippen LogP) is 1.37. The molecule has 0 bridgehead atoms. The molecule has 21 heavy (non-hydrogen) atoms.